The fourth-order valence-electron chi connectivity index (χ4n) is 2.43. The Kier molecular flexibility index (Phi) is 4.58. The summed E-state index contributed by atoms with van der Waals surface area (Å²) in [4.78, 5) is 0. The summed E-state index contributed by atoms with van der Waals surface area (Å²) in [6, 6.07) is 9.10. The zero-order valence-electron chi connectivity index (χ0n) is 10.3. The van der Waals surface area contributed by atoms with Gasteiger partial charge in [-0.05, 0) is 61.9 Å². The molecule has 90 valence electrons. The first-order valence-corrected chi connectivity index (χ1v) is 6.58. The second kappa shape index (κ2) is 6.42. The fourth-order valence-corrected chi connectivity index (χ4v) is 2.43. The molecule has 1 aliphatic rings. The van der Waals surface area contributed by atoms with E-state index in [1.807, 2.05) is 0 Å². The first kappa shape index (κ1) is 12.1. The van der Waals surface area contributed by atoms with Gasteiger partial charge in [0.05, 0.1) is 6.07 Å². The van der Waals surface area contributed by atoms with E-state index in [1.54, 1.807) is 11.1 Å². The maximum atomic E-state index is 8.41. The van der Waals surface area contributed by atoms with Crippen LogP contribution in [0.4, 0.5) is 0 Å². The number of hydrogen-bond acceptors (Lipinski definition) is 2. The molecule has 2 heteroatoms. The van der Waals surface area contributed by atoms with Crippen LogP contribution in [0, 0.1) is 11.3 Å². The highest BCUT2D eigenvalue weighted by Crippen LogP contribution is 2.22. The smallest absolute Gasteiger partial charge is 0.0622 e. The second-order valence-corrected chi connectivity index (χ2v) is 4.72. The molecule has 0 atom stereocenters. The van der Waals surface area contributed by atoms with Gasteiger partial charge in [0.15, 0.2) is 0 Å². The molecule has 1 aromatic rings. The predicted octanol–water partition coefficient (Wildman–Crippen LogP) is 2.61. The van der Waals surface area contributed by atoms with Crippen LogP contribution in [0.15, 0.2) is 18.2 Å². The van der Waals surface area contributed by atoms with Crippen molar-refractivity contribution in [2.75, 3.05) is 13.1 Å². The van der Waals surface area contributed by atoms with Crippen molar-refractivity contribution in [3.8, 4) is 6.07 Å². The standard InChI is InChI=1S/C15H20N2/c16-9-1-2-10-17-11-8-13-6-7-14-4-3-5-15(14)12-13/h6-7,12,17H,1-5,8,10-11H2. The summed E-state index contributed by atoms with van der Waals surface area (Å²) in [6.07, 6.45) is 6.57. The largest absolute Gasteiger partial charge is 0.316 e. The van der Waals surface area contributed by atoms with Gasteiger partial charge in [-0.3, -0.25) is 0 Å². The Morgan fingerprint density at radius 2 is 2.06 bits per heavy atom. The van der Waals surface area contributed by atoms with Gasteiger partial charge in [0.1, 0.15) is 0 Å². The molecule has 0 unspecified atom stereocenters. The number of nitriles is 1. The van der Waals surface area contributed by atoms with Crippen LogP contribution in [-0.2, 0) is 19.3 Å². The van der Waals surface area contributed by atoms with Crippen molar-refractivity contribution in [1.29, 1.82) is 5.26 Å². The van der Waals surface area contributed by atoms with Crippen LogP contribution in [0.1, 0.15) is 36.0 Å². The Labute approximate surface area is 104 Å². The average molecular weight is 228 g/mol. The van der Waals surface area contributed by atoms with E-state index < -0.39 is 0 Å². The van der Waals surface area contributed by atoms with Crippen LogP contribution in [0.2, 0.25) is 0 Å². The molecule has 2 nitrogen and oxygen atoms in total. The van der Waals surface area contributed by atoms with Gasteiger partial charge in [-0.2, -0.15) is 5.26 Å². The van der Waals surface area contributed by atoms with Crippen LogP contribution >= 0.6 is 0 Å². The number of nitrogens with one attached hydrogen (secondary N) is 1. The summed E-state index contributed by atoms with van der Waals surface area (Å²) < 4.78 is 0. The monoisotopic (exact) mass is 228 g/mol. The molecule has 0 radical (unpaired) electrons. The van der Waals surface area contributed by atoms with E-state index in [2.05, 4.69) is 29.6 Å². The van der Waals surface area contributed by atoms with Crippen LogP contribution in [0.3, 0.4) is 0 Å². The summed E-state index contributed by atoms with van der Waals surface area (Å²) in [7, 11) is 0. The van der Waals surface area contributed by atoms with Crippen LogP contribution < -0.4 is 5.32 Å². The highest BCUT2D eigenvalue weighted by atomic mass is 14.8. The Hall–Kier alpha value is -1.33. The Bertz CT molecular complexity index is 404. The van der Waals surface area contributed by atoms with Crippen molar-refractivity contribution in [3.05, 3.63) is 34.9 Å². The van der Waals surface area contributed by atoms with Crippen LogP contribution in [0.25, 0.3) is 0 Å². The summed E-state index contributed by atoms with van der Waals surface area (Å²) >= 11 is 0. The molecule has 0 heterocycles. The van der Waals surface area contributed by atoms with Gasteiger partial charge >= 0.3 is 0 Å². The lowest BCUT2D eigenvalue weighted by atomic mass is 10.0. The van der Waals surface area contributed by atoms with E-state index in [1.165, 1.54) is 24.8 Å². The van der Waals surface area contributed by atoms with Crippen molar-refractivity contribution in [2.24, 2.45) is 0 Å². The van der Waals surface area contributed by atoms with Crippen molar-refractivity contribution < 1.29 is 0 Å². The molecule has 0 amide bonds. The summed E-state index contributed by atoms with van der Waals surface area (Å²) in [6.45, 7) is 1.97. The van der Waals surface area contributed by atoms with Gasteiger partial charge in [-0.1, -0.05) is 18.2 Å². The molecule has 0 bridgehead atoms. The molecular formula is C15H20N2. The molecule has 17 heavy (non-hydrogen) atoms. The lowest BCUT2D eigenvalue weighted by molar-refractivity contribution is 0.655. The molecule has 1 N–H and O–H groups in total. The van der Waals surface area contributed by atoms with E-state index in [0.717, 1.165) is 25.9 Å². The van der Waals surface area contributed by atoms with E-state index in [0.29, 0.717) is 6.42 Å². The van der Waals surface area contributed by atoms with Gasteiger partial charge < -0.3 is 5.32 Å². The predicted molar refractivity (Wildman–Crippen MR) is 69.9 cm³/mol. The third kappa shape index (κ3) is 3.57. The summed E-state index contributed by atoms with van der Waals surface area (Å²) in [5.41, 5.74) is 4.56. The number of unbranched alkanes of at least 4 members (excludes halogenated alkanes) is 1. The highest BCUT2D eigenvalue weighted by molar-refractivity contribution is 5.35. The number of hydrogen-bond donors (Lipinski definition) is 1. The Morgan fingerprint density at radius 1 is 1.18 bits per heavy atom. The quantitative estimate of drug-likeness (QED) is 0.760. The lowest BCUT2D eigenvalue weighted by Gasteiger charge is -2.06. The van der Waals surface area contributed by atoms with E-state index in [4.69, 9.17) is 5.26 Å². The molecule has 0 saturated heterocycles. The molecule has 0 spiro atoms. The van der Waals surface area contributed by atoms with Crippen molar-refractivity contribution >= 4 is 0 Å². The minimum Gasteiger partial charge on any atom is -0.316 e. The molecule has 0 aromatic heterocycles. The number of rotatable bonds is 6. The number of aryl methyl sites for hydroxylation is 2. The molecule has 0 aliphatic heterocycles. The maximum absolute atomic E-state index is 8.41. The Balaban J connectivity index is 1.71. The zero-order chi connectivity index (χ0) is 11.9. The van der Waals surface area contributed by atoms with Crippen molar-refractivity contribution in [3.63, 3.8) is 0 Å². The third-order valence-electron chi connectivity index (χ3n) is 3.40. The highest BCUT2D eigenvalue weighted by Gasteiger charge is 2.10. The minimum atomic E-state index is 0.659. The zero-order valence-corrected chi connectivity index (χ0v) is 10.3. The van der Waals surface area contributed by atoms with Gasteiger partial charge in [-0.25, -0.2) is 0 Å². The molecule has 1 aliphatic carbocycles. The Morgan fingerprint density at radius 3 is 2.94 bits per heavy atom. The average Bonchev–Trinajstić information content (AvgIpc) is 2.81. The first-order valence-electron chi connectivity index (χ1n) is 6.58. The molecule has 2 rings (SSSR count). The van der Waals surface area contributed by atoms with Crippen molar-refractivity contribution in [2.45, 2.75) is 38.5 Å². The second-order valence-electron chi connectivity index (χ2n) is 4.72. The topological polar surface area (TPSA) is 35.8 Å². The number of nitrogens with zero attached hydrogens (tertiary/aromatic N) is 1. The lowest BCUT2D eigenvalue weighted by Crippen LogP contribution is -2.18. The third-order valence-corrected chi connectivity index (χ3v) is 3.40. The minimum absolute atomic E-state index is 0.659. The number of benzene rings is 1. The molecule has 0 fully saturated rings. The summed E-state index contributed by atoms with van der Waals surface area (Å²) in [5.74, 6) is 0. The normalized spacial score (nSPS) is 13.4. The van der Waals surface area contributed by atoms with Gasteiger partial charge in [0.25, 0.3) is 0 Å². The summed E-state index contributed by atoms with van der Waals surface area (Å²) in [5, 5.41) is 11.8. The molecule has 1 aromatic carbocycles. The van der Waals surface area contributed by atoms with Crippen molar-refractivity contribution in [1.82, 2.24) is 5.32 Å². The molecular weight excluding hydrogens is 208 g/mol. The van der Waals surface area contributed by atoms with Gasteiger partial charge in [0.2, 0.25) is 0 Å². The SMILES string of the molecule is N#CCCCNCCc1ccc2c(c1)CCC2. The van der Waals surface area contributed by atoms with Crippen LogP contribution in [-0.4, -0.2) is 13.1 Å². The first-order chi connectivity index (χ1) is 8.40. The number of fused-ring (bicyclic) bond motifs is 1. The van der Waals surface area contributed by atoms with E-state index >= 15 is 0 Å². The van der Waals surface area contributed by atoms with Gasteiger partial charge in [-0.15, -0.1) is 0 Å². The molecule has 0 saturated carbocycles. The fraction of sp³-hybridized carbons (Fsp3) is 0.533. The van der Waals surface area contributed by atoms with E-state index in [9.17, 15) is 0 Å². The van der Waals surface area contributed by atoms with Crippen LogP contribution in [0.5, 0.6) is 0 Å². The maximum Gasteiger partial charge on any atom is 0.0622 e. The van der Waals surface area contributed by atoms with Gasteiger partial charge in [0, 0.05) is 6.42 Å². The van der Waals surface area contributed by atoms with E-state index in [-0.39, 0.29) is 0 Å².